The number of rotatable bonds is 8. The number of para-hydroxylation sites is 1. The molecule has 2 aromatic rings. The second kappa shape index (κ2) is 10.6. The van der Waals surface area contributed by atoms with Crippen molar-refractivity contribution in [1.82, 2.24) is 9.62 Å². The number of nitrogens with zero attached hydrogens (tertiary/aromatic N) is 2. The van der Waals surface area contributed by atoms with Gasteiger partial charge >= 0.3 is 0 Å². The van der Waals surface area contributed by atoms with Crippen LogP contribution in [0.2, 0.25) is 0 Å². The van der Waals surface area contributed by atoms with Gasteiger partial charge in [0, 0.05) is 22.9 Å². The van der Waals surface area contributed by atoms with Crippen LogP contribution in [-0.2, 0) is 13.1 Å². The number of fused-ring (bicyclic) bond motifs is 2. The van der Waals surface area contributed by atoms with Crippen LogP contribution in [0.5, 0.6) is 0 Å². The average molecular weight is 588 g/mol. The lowest BCUT2D eigenvalue weighted by Crippen LogP contribution is -2.44. The average Bonchev–Trinajstić information content (AvgIpc) is 2.77. The summed E-state index contributed by atoms with van der Waals surface area (Å²) in [6.07, 6.45) is 3.29. The fourth-order valence-electron chi connectivity index (χ4n) is 4.38. The number of hydrogen-bond acceptors (Lipinski definition) is 6. The molecule has 2 aliphatic rings. The summed E-state index contributed by atoms with van der Waals surface area (Å²) in [6, 6.07) is 15.2. The van der Waals surface area contributed by atoms with Gasteiger partial charge in [-0.15, -0.1) is 0 Å². The number of nitrogens with one attached hydrogen (secondary N) is 1. The first-order chi connectivity index (χ1) is 15.3. The molecule has 1 N–H and O–H groups in total. The lowest BCUT2D eigenvalue weighted by Gasteiger charge is -2.37. The molecular weight excluding hydrogens is 557 g/mol. The molecule has 2 aliphatic heterocycles. The maximum atomic E-state index is 11.4. The molecular formula is C23H30IN3O3S2. The second-order valence-electron chi connectivity index (χ2n) is 8.73. The Bertz CT molecular complexity index is 1040. The second-order valence-corrected chi connectivity index (χ2v) is 12.2. The maximum absolute atomic E-state index is 11.4. The number of halogens is 1. The Labute approximate surface area is 209 Å². The molecule has 1 atom stereocenters. The minimum atomic E-state index is -3.12. The third kappa shape index (κ3) is 6.18. The smallest absolute Gasteiger partial charge is 0.208 e. The Kier molecular flexibility index (Phi) is 8.05. The van der Waals surface area contributed by atoms with Crippen molar-refractivity contribution in [3.05, 3.63) is 48.0 Å². The Balaban J connectivity index is 1.42. The van der Waals surface area contributed by atoms with Gasteiger partial charge in [-0.2, -0.15) is 0 Å². The standard InChI is InChI=1S/C23H30IN3O3S2/c1-17-7-8-23-21(13-17)27(20-5-3-4-6-22(20)31-23)16-19(30-24)15-26-11-9-18(10-12-26)14-25-32(2,28)29/h3-8,13,18-19,25H,9-12,14-16H2,1-2H3. The van der Waals surface area contributed by atoms with Crippen LogP contribution >= 0.6 is 34.8 Å². The molecule has 1 saturated heterocycles. The van der Waals surface area contributed by atoms with E-state index in [1.54, 1.807) is 0 Å². The summed E-state index contributed by atoms with van der Waals surface area (Å²) in [5.74, 6) is 0.404. The van der Waals surface area contributed by atoms with Crippen molar-refractivity contribution >= 4 is 56.2 Å². The maximum Gasteiger partial charge on any atom is 0.208 e. The molecule has 0 saturated carbocycles. The zero-order chi connectivity index (χ0) is 22.7. The van der Waals surface area contributed by atoms with E-state index in [1.807, 2.05) is 34.8 Å². The summed E-state index contributed by atoms with van der Waals surface area (Å²) in [7, 11) is -3.12. The lowest BCUT2D eigenvalue weighted by molar-refractivity contribution is 0.133. The van der Waals surface area contributed by atoms with Crippen molar-refractivity contribution in [2.45, 2.75) is 35.7 Å². The monoisotopic (exact) mass is 587 g/mol. The zero-order valence-electron chi connectivity index (χ0n) is 18.5. The highest BCUT2D eigenvalue weighted by atomic mass is 127. The molecule has 32 heavy (non-hydrogen) atoms. The molecule has 0 aromatic heterocycles. The van der Waals surface area contributed by atoms with Gasteiger partial charge in [-0.25, -0.2) is 13.1 Å². The predicted octanol–water partition coefficient (Wildman–Crippen LogP) is 4.59. The molecule has 2 aromatic carbocycles. The van der Waals surface area contributed by atoms with Crippen molar-refractivity contribution in [3.8, 4) is 0 Å². The molecule has 174 valence electrons. The molecule has 0 aliphatic carbocycles. The number of anilines is 2. The lowest BCUT2D eigenvalue weighted by atomic mass is 9.97. The van der Waals surface area contributed by atoms with Crippen LogP contribution in [0.15, 0.2) is 52.3 Å². The Hall–Kier alpha value is -0.850. The summed E-state index contributed by atoms with van der Waals surface area (Å²) < 4.78 is 31.3. The topological polar surface area (TPSA) is 61.9 Å². The number of aryl methyl sites for hydroxylation is 1. The van der Waals surface area contributed by atoms with Gasteiger partial charge in [0.15, 0.2) is 0 Å². The van der Waals surface area contributed by atoms with Crippen molar-refractivity contribution in [2.75, 3.05) is 43.9 Å². The number of likely N-dealkylation sites (tertiary alicyclic amines) is 1. The zero-order valence-corrected chi connectivity index (χ0v) is 22.3. The van der Waals surface area contributed by atoms with Gasteiger partial charge in [0.2, 0.25) is 10.0 Å². The van der Waals surface area contributed by atoms with Gasteiger partial charge in [-0.1, -0.05) is 30.0 Å². The number of sulfonamides is 1. The SMILES string of the molecule is Cc1ccc2c(c1)N(CC(CN1CCC(CNS(C)(=O)=O)CC1)OI)c1ccccc1S2. The van der Waals surface area contributed by atoms with E-state index in [0.717, 1.165) is 39.0 Å². The Morgan fingerprint density at radius 2 is 1.84 bits per heavy atom. The predicted molar refractivity (Wildman–Crippen MR) is 140 cm³/mol. The van der Waals surface area contributed by atoms with E-state index in [2.05, 4.69) is 63.9 Å². The fourth-order valence-corrected chi connectivity index (χ4v) is 6.32. The fraction of sp³-hybridized carbons (Fsp3) is 0.478. The summed E-state index contributed by atoms with van der Waals surface area (Å²) in [5.41, 5.74) is 3.74. The Morgan fingerprint density at radius 3 is 2.56 bits per heavy atom. The van der Waals surface area contributed by atoms with E-state index in [4.69, 9.17) is 3.07 Å². The number of piperidine rings is 1. The molecule has 2 heterocycles. The van der Waals surface area contributed by atoms with Crippen molar-refractivity contribution in [3.63, 3.8) is 0 Å². The molecule has 1 unspecified atom stereocenters. The number of benzene rings is 2. The van der Waals surface area contributed by atoms with Gasteiger partial charge < -0.3 is 12.9 Å². The molecule has 0 spiro atoms. The van der Waals surface area contributed by atoms with E-state index < -0.39 is 10.0 Å². The molecule has 0 bridgehead atoms. The van der Waals surface area contributed by atoms with E-state index in [-0.39, 0.29) is 6.10 Å². The first-order valence-corrected chi connectivity index (χ1v) is 14.5. The van der Waals surface area contributed by atoms with Crippen molar-refractivity contribution < 1.29 is 11.5 Å². The summed E-state index contributed by atoms with van der Waals surface area (Å²) in [6.45, 7) is 6.26. The van der Waals surface area contributed by atoms with Gasteiger partial charge in [0.25, 0.3) is 0 Å². The quantitative estimate of drug-likeness (QED) is 0.456. The molecule has 4 rings (SSSR count). The molecule has 1 fully saturated rings. The summed E-state index contributed by atoms with van der Waals surface area (Å²) in [4.78, 5) is 7.40. The molecule has 0 amide bonds. The third-order valence-electron chi connectivity index (χ3n) is 6.10. The summed E-state index contributed by atoms with van der Waals surface area (Å²) >= 11 is 3.87. The summed E-state index contributed by atoms with van der Waals surface area (Å²) in [5, 5.41) is 0. The normalized spacial score (nSPS) is 18.3. The largest absolute Gasteiger partial charge is 0.337 e. The number of hydrogen-bond donors (Lipinski definition) is 1. The van der Waals surface area contributed by atoms with Crippen LogP contribution in [-0.4, -0.2) is 58.4 Å². The van der Waals surface area contributed by atoms with E-state index in [9.17, 15) is 8.42 Å². The van der Waals surface area contributed by atoms with Crippen LogP contribution in [0.3, 0.4) is 0 Å². The van der Waals surface area contributed by atoms with Gasteiger partial charge in [-0.05, 0) is 68.6 Å². The molecule has 6 nitrogen and oxygen atoms in total. The molecule has 0 radical (unpaired) electrons. The van der Waals surface area contributed by atoms with Crippen LogP contribution in [0.25, 0.3) is 0 Å². The van der Waals surface area contributed by atoms with Crippen LogP contribution < -0.4 is 9.62 Å². The van der Waals surface area contributed by atoms with Crippen molar-refractivity contribution in [2.24, 2.45) is 5.92 Å². The van der Waals surface area contributed by atoms with E-state index in [0.29, 0.717) is 12.5 Å². The molecule has 9 heteroatoms. The first kappa shape index (κ1) is 24.3. The first-order valence-electron chi connectivity index (χ1n) is 10.9. The van der Waals surface area contributed by atoms with Gasteiger partial charge in [0.1, 0.15) is 29.1 Å². The van der Waals surface area contributed by atoms with Crippen LogP contribution in [0.1, 0.15) is 18.4 Å². The highest BCUT2D eigenvalue weighted by Gasteiger charge is 2.28. The minimum absolute atomic E-state index is 0.0609. The van der Waals surface area contributed by atoms with E-state index in [1.165, 1.54) is 33.0 Å². The van der Waals surface area contributed by atoms with Gasteiger partial charge in [0.05, 0.1) is 24.2 Å². The van der Waals surface area contributed by atoms with E-state index >= 15 is 0 Å². The highest BCUT2D eigenvalue weighted by molar-refractivity contribution is 14.1. The van der Waals surface area contributed by atoms with Gasteiger partial charge in [-0.3, -0.25) is 0 Å². The Morgan fingerprint density at radius 1 is 1.12 bits per heavy atom. The van der Waals surface area contributed by atoms with Crippen LogP contribution in [0, 0.1) is 12.8 Å². The third-order valence-corrected chi connectivity index (χ3v) is 8.64. The highest BCUT2D eigenvalue weighted by Crippen LogP contribution is 2.48. The minimum Gasteiger partial charge on any atom is -0.337 e. The van der Waals surface area contributed by atoms with Crippen LogP contribution in [0.4, 0.5) is 11.4 Å². The van der Waals surface area contributed by atoms with Crippen molar-refractivity contribution in [1.29, 1.82) is 0 Å².